The fourth-order valence-corrected chi connectivity index (χ4v) is 2.40. The average Bonchev–Trinajstić information content (AvgIpc) is 2.29. The van der Waals surface area contributed by atoms with Crippen LogP contribution in [0, 0.1) is 0 Å². The van der Waals surface area contributed by atoms with Gasteiger partial charge in [0.1, 0.15) is 13.1 Å². The Labute approximate surface area is 116 Å². The molecular weight excluding hydrogens is 330 g/mol. The van der Waals surface area contributed by atoms with Crippen molar-refractivity contribution in [2.24, 2.45) is 0 Å². The Bertz CT molecular complexity index is 361. The molecule has 16 heavy (non-hydrogen) atoms. The molecule has 88 valence electrons. The van der Waals surface area contributed by atoms with Crippen molar-refractivity contribution in [3.63, 3.8) is 0 Å². The number of benzene rings is 1. The van der Waals surface area contributed by atoms with Crippen LogP contribution in [-0.4, -0.2) is 29.2 Å². The summed E-state index contributed by atoms with van der Waals surface area (Å²) in [4.78, 5) is 0. The van der Waals surface area contributed by atoms with Crippen LogP contribution in [0.1, 0.15) is 24.0 Å². The molecular formula is C13H17Br2N. The summed E-state index contributed by atoms with van der Waals surface area (Å²) < 4.78 is 2.45. The molecule has 0 aromatic heterocycles. The molecule has 0 amide bonds. The van der Waals surface area contributed by atoms with E-state index >= 15 is 0 Å². The van der Waals surface area contributed by atoms with Gasteiger partial charge in [-0.15, -0.1) is 0 Å². The number of fused-ring (bicyclic) bond motifs is 1. The second-order valence-corrected chi connectivity index (χ2v) is 4.80. The summed E-state index contributed by atoms with van der Waals surface area (Å²) >= 11 is 3.47. The molecule has 1 aliphatic heterocycles. The summed E-state index contributed by atoms with van der Waals surface area (Å²) in [5, 5.41) is 1.12. The van der Waals surface area contributed by atoms with Crippen molar-refractivity contribution in [2.75, 3.05) is 18.4 Å². The maximum Gasteiger partial charge on any atom is 0.170 e. The molecule has 0 fully saturated rings. The Balaban J connectivity index is 0.00000128. The van der Waals surface area contributed by atoms with E-state index in [0.717, 1.165) is 5.33 Å². The van der Waals surface area contributed by atoms with Gasteiger partial charge in [-0.2, -0.15) is 0 Å². The summed E-state index contributed by atoms with van der Waals surface area (Å²) in [7, 11) is 0. The third kappa shape index (κ3) is 3.70. The molecule has 1 aliphatic rings. The number of unbranched alkanes of at least 4 members (excludes halogenated alkanes) is 1. The molecule has 0 N–H and O–H groups in total. The lowest BCUT2D eigenvalue weighted by Crippen LogP contribution is -3.00. The Morgan fingerprint density at radius 3 is 2.81 bits per heavy atom. The third-order valence-corrected chi connectivity index (χ3v) is 3.43. The molecule has 0 radical (unpaired) electrons. The summed E-state index contributed by atoms with van der Waals surface area (Å²) in [6.45, 7) is 2.37. The van der Waals surface area contributed by atoms with Crippen LogP contribution < -0.4 is 17.0 Å². The summed E-state index contributed by atoms with van der Waals surface area (Å²) in [6.07, 6.45) is 6.06. The van der Waals surface area contributed by atoms with Gasteiger partial charge in [-0.25, -0.2) is 4.58 Å². The Hall–Kier alpha value is -0.150. The number of alkyl halides is 1. The summed E-state index contributed by atoms with van der Waals surface area (Å²) in [5.74, 6) is 0. The minimum absolute atomic E-state index is 0. The van der Waals surface area contributed by atoms with E-state index in [1.165, 1.54) is 43.5 Å². The van der Waals surface area contributed by atoms with Crippen molar-refractivity contribution in [3.05, 3.63) is 35.4 Å². The van der Waals surface area contributed by atoms with E-state index < -0.39 is 0 Å². The van der Waals surface area contributed by atoms with Crippen molar-refractivity contribution >= 4 is 22.1 Å². The SMILES string of the molecule is BrCCCC[N+]1=Cc2ccccc2CC1.[Br-]. The maximum absolute atomic E-state index is 3.47. The third-order valence-electron chi connectivity index (χ3n) is 2.87. The van der Waals surface area contributed by atoms with E-state index in [0.29, 0.717) is 0 Å². The van der Waals surface area contributed by atoms with Crippen molar-refractivity contribution in [1.82, 2.24) is 0 Å². The molecule has 0 saturated carbocycles. The molecule has 0 spiro atoms. The first-order valence-electron chi connectivity index (χ1n) is 5.63. The van der Waals surface area contributed by atoms with E-state index in [9.17, 15) is 0 Å². The first kappa shape index (κ1) is 13.9. The largest absolute Gasteiger partial charge is 1.00 e. The zero-order valence-electron chi connectivity index (χ0n) is 9.33. The molecule has 0 aliphatic carbocycles. The summed E-state index contributed by atoms with van der Waals surface area (Å²) in [6, 6.07) is 8.71. The van der Waals surface area contributed by atoms with Gasteiger partial charge in [0.15, 0.2) is 6.21 Å². The fraction of sp³-hybridized carbons (Fsp3) is 0.462. The molecule has 1 aromatic rings. The second kappa shape index (κ2) is 7.23. The zero-order chi connectivity index (χ0) is 10.5. The van der Waals surface area contributed by atoms with Crippen LogP contribution in [0.25, 0.3) is 0 Å². The van der Waals surface area contributed by atoms with Gasteiger partial charge in [0.05, 0.1) is 0 Å². The molecule has 2 rings (SSSR count). The van der Waals surface area contributed by atoms with Gasteiger partial charge in [-0.3, -0.25) is 0 Å². The highest BCUT2D eigenvalue weighted by Gasteiger charge is 2.14. The predicted molar refractivity (Wildman–Crippen MR) is 68.3 cm³/mol. The standard InChI is InChI=1S/C13H17BrN.BrH/c14-8-3-4-9-15-10-7-12-5-1-2-6-13(12)11-15;/h1-2,5-6,11H,3-4,7-10H2;1H/q+1;/p-1. The lowest BCUT2D eigenvalue weighted by molar-refractivity contribution is -0.524. The lowest BCUT2D eigenvalue weighted by Gasteiger charge is -2.11. The van der Waals surface area contributed by atoms with Gasteiger partial charge in [0.2, 0.25) is 0 Å². The first-order chi connectivity index (χ1) is 7.40. The minimum Gasteiger partial charge on any atom is -1.00 e. The summed E-state index contributed by atoms with van der Waals surface area (Å²) in [5.41, 5.74) is 2.90. The van der Waals surface area contributed by atoms with E-state index in [-0.39, 0.29) is 17.0 Å². The van der Waals surface area contributed by atoms with Crippen molar-refractivity contribution in [2.45, 2.75) is 19.3 Å². The predicted octanol–water partition coefficient (Wildman–Crippen LogP) is -0.147. The topological polar surface area (TPSA) is 3.01 Å². The monoisotopic (exact) mass is 345 g/mol. The molecule has 3 heteroatoms. The van der Waals surface area contributed by atoms with E-state index in [1.54, 1.807) is 0 Å². The van der Waals surface area contributed by atoms with Gasteiger partial charge in [-0.05, 0) is 18.1 Å². The van der Waals surface area contributed by atoms with Crippen LogP contribution in [0.5, 0.6) is 0 Å². The van der Waals surface area contributed by atoms with E-state index in [4.69, 9.17) is 0 Å². The highest BCUT2D eigenvalue weighted by molar-refractivity contribution is 9.09. The molecule has 1 aromatic carbocycles. The van der Waals surface area contributed by atoms with E-state index in [2.05, 4.69) is 51.0 Å². The fourth-order valence-electron chi connectivity index (χ4n) is 2.00. The molecule has 0 unspecified atom stereocenters. The number of halogens is 2. The average molecular weight is 347 g/mol. The lowest BCUT2D eigenvalue weighted by atomic mass is 10.0. The van der Waals surface area contributed by atoms with Crippen LogP contribution in [0.4, 0.5) is 0 Å². The quantitative estimate of drug-likeness (QED) is 0.405. The molecule has 1 nitrogen and oxygen atoms in total. The van der Waals surface area contributed by atoms with Gasteiger partial charge in [0.25, 0.3) is 0 Å². The smallest absolute Gasteiger partial charge is 0.170 e. The molecule has 1 heterocycles. The number of nitrogens with zero attached hydrogens (tertiary/aromatic N) is 1. The van der Waals surface area contributed by atoms with Gasteiger partial charge < -0.3 is 17.0 Å². The highest BCUT2D eigenvalue weighted by atomic mass is 79.9. The highest BCUT2D eigenvalue weighted by Crippen LogP contribution is 2.11. The number of rotatable bonds is 4. The normalized spacial score (nSPS) is 13.7. The van der Waals surface area contributed by atoms with Crippen molar-refractivity contribution < 1.29 is 21.6 Å². The zero-order valence-corrected chi connectivity index (χ0v) is 12.5. The van der Waals surface area contributed by atoms with Crippen LogP contribution in [-0.2, 0) is 6.42 Å². The number of hydrogen-bond acceptors (Lipinski definition) is 0. The van der Waals surface area contributed by atoms with Crippen LogP contribution in [0.2, 0.25) is 0 Å². The molecule has 0 bridgehead atoms. The van der Waals surface area contributed by atoms with Crippen LogP contribution in [0.3, 0.4) is 0 Å². The van der Waals surface area contributed by atoms with Gasteiger partial charge in [0, 0.05) is 23.7 Å². The van der Waals surface area contributed by atoms with Crippen LogP contribution >= 0.6 is 15.9 Å². The van der Waals surface area contributed by atoms with Gasteiger partial charge in [-0.1, -0.05) is 34.1 Å². The maximum atomic E-state index is 3.47. The molecule has 0 saturated heterocycles. The van der Waals surface area contributed by atoms with Crippen molar-refractivity contribution in [3.8, 4) is 0 Å². The Kier molecular flexibility index (Phi) is 6.29. The van der Waals surface area contributed by atoms with E-state index in [1.807, 2.05) is 0 Å². The van der Waals surface area contributed by atoms with Gasteiger partial charge >= 0.3 is 0 Å². The van der Waals surface area contributed by atoms with Crippen molar-refractivity contribution in [1.29, 1.82) is 0 Å². The Morgan fingerprint density at radius 2 is 2.00 bits per heavy atom. The first-order valence-corrected chi connectivity index (χ1v) is 6.75. The molecule has 0 atom stereocenters. The second-order valence-electron chi connectivity index (χ2n) is 4.01. The minimum atomic E-state index is 0. The number of hydrogen-bond donors (Lipinski definition) is 0. The van der Waals surface area contributed by atoms with Crippen LogP contribution in [0.15, 0.2) is 24.3 Å². The Morgan fingerprint density at radius 1 is 1.19 bits per heavy atom.